The van der Waals surface area contributed by atoms with Gasteiger partial charge >= 0.3 is 0 Å². The summed E-state index contributed by atoms with van der Waals surface area (Å²) < 4.78 is 10.8. The fraction of sp³-hybridized carbons (Fsp3) is 1.00. The van der Waals surface area contributed by atoms with Gasteiger partial charge in [0.05, 0.1) is 13.2 Å². The lowest BCUT2D eigenvalue weighted by molar-refractivity contribution is -0.175. The molecule has 15 heavy (non-hydrogen) atoms. The Kier molecular flexibility index (Phi) is 7.83. The summed E-state index contributed by atoms with van der Waals surface area (Å²) in [5, 5.41) is 6.71. The molecule has 0 radical (unpaired) electrons. The van der Waals surface area contributed by atoms with Gasteiger partial charge in [0.15, 0.2) is 6.29 Å². The van der Waals surface area contributed by atoms with E-state index in [2.05, 4.69) is 17.6 Å². The largest absolute Gasteiger partial charge is 0.351 e. The SMILES string of the molecule is CCCNCCCNCC1OCCCO1. The highest BCUT2D eigenvalue weighted by Gasteiger charge is 2.12. The van der Waals surface area contributed by atoms with Gasteiger partial charge in [0.2, 0.25) is 0 Å². The molecule has 0 aromatic carbocycles. The average Bonchev–Trinajstić information content (AvgIpc) is 2.29. The normalized spacial score (nSPS) is 18.2. The van der Waals surface area contributed by atoms with E-state index >= 15 is 0 Å². The Bertz CT molecular complexity index is 139. The third kappa shape index (κ3) is 6.84. The van der Waals surface area contributed by atoms with E-state index < -0.39 is 0 Å². The molecule has 1 saturated heterocycles. The van der Waals surface area contributed by atoms with Crippen LogP contribution < -0.4 is 10.6 Å². The molecular weight excluding hydrogens is 192 g/mol. The highest BCUT2D eigenvalue weighted by molar-refractivity contribution is 4.57. The van der Waals surface area contributed by atoms with E-state index in [1.165, 1.54) is 6.42 Å². The van der Waals surface area contributed by atoms with Crippen molar-refractivity contribution in [3.05, 3.63) is 0 Å². The molecular formula is C11H24N2O2. The Balaban J connectivity index is 1.79. The van der Waals surface area contributed by atoms with Gasteiger partial charge in [0.1, 0.15) is 0 Å². The molecule has 0 atom stereocenters. The maximum atomic E-state index is 5.42. The Morgan fingerprint density at radius 2 is 1.80 bits per heavy atom. The van der Waals surface area contributed by atoms with E-state index in [4.69, 9.17) is 9.47 Å². The Morgan fingerprint density at radius 3 is 2.53 bits per heavy atom. The lowest BCUT2D eigenvalue weighted by Crippen LogP contribution is -2.36. The molecule has 1 aliphatic heterocycles. The summed E-state index contributed by atoms with van der Waals surface area (Å²) in [4.78, 5) is 0. The maximum Gasteiger partial charge on any atom is 0.169 e. The molecule has 0 unspecified atom stereocenters. The second-order valence-corrected chi connectivity index (χ2v) is 3.83. The predicted molar refractivity (Wildman–Crippen MR) is 61.0 cm³/mol. The molecule has 1 fully saturated rings. The van der Waals surface area contributed by atoms with Crippen molar-refractivity contribution in [2.24, 2.45) is 0 Å². The standard InChI is InChI=1S/C11H24N2O2/c1-2-5-12-6-3-7-13-10-11-14-8-4-9-15-11/h11-13H,2-10H2,1H3. The molecule has 0 aromatic rings. The molecule has 90 valence electrons. The van der Waals surface area contributed by atoms with E-state index in [0.717, 1.165) is 52.2 Å². The highest BCUT2D eigenvalue weighted by Crippen LogP contribution is 2.02. The van der Waals surface area contributed by atoms with Gasteiger partial charge < -0.3 is 20.1 Å². The maximum absolute atomic E-state index is 5.42. The second-order valence-electron chi connectivity index (χ2n) is 3.83. The van der Waals surface area contributed by atoms with Crippen LogP contribution in [0.25, 0.3) is 0 Å². The molecule has 0 bridgehead atoms. The van der Waals surface area contributed by atoms with Gasteiger partial charge in [-0.3, -0.25) is 0 Å². The number of ether oxygens (including phenoxy) is 2. The molecule has 4 heteroatoms. The van der Waals surface area contributed by atoms with Crippen molar-refractivity contribution in [2.45, 2.75) is 32.5 Å². The van der Waals surface area contributed by atoms with E-state index in [9.17, 15) is 0 Å². The van der Waals surface area contributed by atoms with Crippen molar-refractivity contribution in [1.29, 1.82) is 0 Å². The van der Waals surface area contributed by atoms with Crippen molar-refractivity contribution in [1.82, 2.24) is 10.6 Å². The minimum absolute atomic E-state index is 0.0256. The van der Waals surface area contributed by atoms with Gasteiger partial charge in [0.25, 0.3) is 0 Å². The van der Waals surface area contributed by atoms with Crippen molar-refractivity contribution in [2.75, 3.05) is 39.4 Å². The summed E-state index contributed by atoms with van der Waals surface area (Å²) in [6.45, 7) is 7.91. The van der Waals surface area contributed by atoms with E-state index in [0.29, 0.717) is 0 Å². The number of hydrogen-bond donors (Lipinski definition) is 2. The zero-order valence-electron chi connectivity index (χ0n) is 9.76. The number of nitrogens with one attached hydrogen (secondary N) is 2. The molecule has 0 saturated carbocycles. The van der Waals surface area contributed by atoms with E-state index in [1.54, 1.807) is 0 Å². The minimum Gasteiger partial charge on any atom is -0.351 e. The zero-order valence-corrected chi connectivity index (χ0v) is 9.76. The summed E-state index contributed by atoms with van der Waals surface area (Å²) in [6.07, 6.45) is 3.36. The first-order chi connectivity index (χ1) is 7.43. The zero-order chi connectivity index (χ0) is 10.8. The lowest BCUT2D eigenvalue weighted by Gasteiger charge is -2.23. The van der Waals surface area contributed by atoms with Crippen molar-refractivity contribution >= 4 is 0 Å². The first-order valence-corrected chi connectivity index (χ1v) is 6.08. The monoisotopic (exact) mass is 216 g/mol. The molecule has 1 heterocycles. The summed E-state index contributed by atoms with van der Waals surface area (Å²) in [6, 6.07) is 0. The first kappa shape index (κ1) is 12.9. The van der Waals surface area contributed by atoms with Crippen LogP contribution in [0.1, 0.15) is 26.2 Å². The fourth-order valence-electron chi connectivity index (χ4n) is 1.51. The van der Waals surface area contributed by atoms with E-state index in [1.807, 2.05) is 0 Å². The van der Waals surface area contributed by atoms with Crippen LogP contribution in [0.2, 0.25) is 0 Å². The van der Waals surface area contributed by atoms with E-state index in [-0.39, 0.29) is 6.29 Å². The third-order valence-corrected chi connectivity index (χ3v) is 2.34. The van der Waals surface area contributed by atoms with Gasteiger partial charge in [-0.05, 0) is 38.9 Å². The lowest BCUT2D eigenvalue weighted by atomic mass is 10.4. The molecule has 0 spiro atoms. The second kappa shape index (κ2) is 9.09. The summed E-state index contributed by atoms with van der Waals surface area (Å²) in [7, 11) is 0. The fourth-order valence-corrected chi connectivity index (χ4v) is 1.51. The number of rotatable bonds is 8. The van der Waals surface area contributed by atoms with Gasteiger partial charge in [-0.25, -0.2) is 0 Å². The van der Waals surface area contributed by atoms with Crippen molar-refractivity contribution in [3.8, 4) is 0 Å². The van der Waals surface area contributed by atoms with Crippen LogP contribution >= 0.6 is 0 Å². The third-order valence-electron chi connectivity index (χ3n) is 2.34. The van der Waals surface area contributed by atoms with Crippen LogP contribution in [0.3, 0.4) is 0 Å². The Labute approximate surface area is 92.7 Å². The van der Waals surface area contributed by atoms with Crippen LogP contribution in [0.4, 0.5) is 0 Å². The molecule has 4 nitrogen and oxygen atoms in total. The van der Waals surface area contributed by atoms with Crippen LogP contribution in [0.15, 0.2) is 0 Å². The van der Waals surface area contributed by atoms with Gasteiger partial charge in [-0.2, -0.15) is 0 Å². The molecule has 2 N–H and O–H groups in total. The molecule has 0 amide bonds. The molecule has 0 aliphatic carbocycles. The van der Waals surface area contributed by atoms with Gasteiger partial charge in [0, 0.05) is 6.54 Å². The minimum atomic E-state index is -0.0256. The predicted octanol–water partition coefficient (Wildman–Crippen LogP) is 0.729. The van der Waals surface area contributed by atoms with Crippen LogP contribution in [0.5, 0.6) is 0 Å². The van der Waals surface area contributed by atoms with Crippen LogP contribution in [-0.2, 0) is 9.47 Å². The molecule has 0 aromatic heterocycles. The number of hydrogen-bond acceptors (Lipinski definition) is 4. The van der Waals surface area contributed by atoms with Crippen LogP contribution in [0, 0.1) is 0 Å². The summed E-state index contributed by atoms with van der Waals surface area (Å²) in [5.74, 6) is 0. The highest BCUT2D eigenvalue weighted by atomic mass is 16.7. The summed E-state index contributed by atoms with van der Waals surface area (Å²) >= 11 is 0. The smallest absolute Gasteiger partial charge is 0.169 e. The Hall–Kier alpha value is -0.160. The first-order valence-electron chi connectivity index (χ1n) is 6.08. The average molecular weight is 216 g/mol. The Morgan fingerprint density at radius 1 is 1.07 bits per heavy atom. The van der Waals surface area contributed by atoms with Crippen molar-refractivity contribution in [3.63, 3.8) is 0 Å². The van der Waals surface area contributed by atoms with Gasteiger partial charge in [-0.1, -0.05) is 6.92 Å². The van der Waals surface area contributed by atoms with Crippen molar-refractivity contribution < 1.29 is 9.47 Å². The van der Waals surface area contributed by atoms with Gasteiger partial charge in [-0.15, -0.1) is 0 Å². The molecule has 1 aliphatic rings. The quantitative estimate of drug-likeness (QED) is 0.587. The van der Waals surface area contributed by atoms with Crippen LogP contribution in [-0.4, -0.2) is 45.7 Å². The summed E-state index contributed by atoms with van der Waals surface area (Å²) in [5.41, 5.74) is 0. The topological polar surface area (TPSA) is 42.5 Å². The molecule has 1 rings (SSSR count).